The second-order valence-corrected chi connectivity index (χ2v) is 4.18. The van der Waals surface area contributed by atoms with E-state index in [2.05, 4.69) is 12.6 Å². The maximum absolute atomic E-state index is 8.38. The lowest BCUT2D eigenvalue weighted by molar-refractivity contribution is 0.227. The molecule has 0 aromatic carbocycles. The SMILES string of the molecule is O[Si](O)(O)CCC[SH2+]. The molecule has 0 atom stereocenters. The van der Waals surface area contributed by atoms with E-state index in [4.69, 9.17) is 14.4 Å². The smallest absolute Gasteiger partial charge is 0.390 e. The Hall–Kier alpha value is 0.447. The molecule has 3 N–H and O–H groups in total. The Morgan fingerprint density at radius 2 is 1.75 bits per heavy atom. The van der Waals surface area contributed by atoms with Crippen molar-refractivity contribution in [1.82, 2.24) is 0 Å². The Morgan fingerprint density at radius 1 is 1.25 bits per heavy atom. The molecule has 50 valence electrons. The third-order valence-corrected chi connectivity index (χ3v) is 2.07. The van der Waals surface area contributed by atoms with Crippen LogP contribution in [0, 0.1) is 0 Å². The van der Waals surface area contributed by atoms with Gasteiger partial charge >= 0.3 is 8.80 Å². The van der Waals surface area contributed by atoms with E-state index in [-0.39, 0.29) is 6.04 Å². The summed E-state index contributed by atoms with van der Waals surface area (Å²) >= 11 is 3.13. The zero-order valence-electron chi connectivity index (χ0n) is 4.46. The van der Waals surface area contributed by atoms with Gasteiger partial charge in [0.25, 0.3) is 0 Å². The van der Waals surface area contributed by atoms with Crippen LogP contribution < -0.4 is 0 Å². The Labute approximate surface area is 54.8 Å². The first kappa shape index (κ1) is 8.45. The molecule has 0 aliphatic rings. The third-order valence-electron chi connectivity index (χ3n) is 0.689. The molecule has 0 heterocycles. The van der Waals surface area contributed by atoms with Crippen molar-refractivity contribution < 1.29 is 14.4 Å². The molecule has 0 aliphatic heterocycles. The predicted molar refractivity (Wildman–Crippen MR) is 36.9 cm³/mol. The molecule has 0 spiro atoms. The van der Waals surface area contributed by atoms with Gasteiger partial charge in [0, 0.05) is 6.04 Å². The van der Waals surface area contributed by atoms with Crippen LogP contribution in [0.1, 0.15) is 6.42 Å². The van der Waals surface area contributed by atoms with Gasteiger partial charge in [-0.25, -0.2) is 0 Å². The molecule has 0 aromatic heterocycles. The highest BCUT2D eigenvalue weighted by Gasteiger charge is 2.25. The number of rotatable bonds is 3. The molecule has 0 fully saturated rings. The lowest BCUT2D eigenvalue weighted by Gasteiger charge is -2.05. The van der Waals surface area contributed by atoms with E-state index in [0.29, 0.717) is 12.2 Å². The highest BCUT2D eigenvalue weighted by Crippen LogP contribution is 1.98. The van der Waals surface area contributed by atoms with Crippen molar-refractivity contribution in [3.05, 3.63) is 0 Å². The molecule has 0 aromatic rings. The molecule has 0 saturated carbocycles. The monoisotopic (exact) mass is 155 g/mol. The molecule has 0 unspecified atom stereocenters. The summed E-state index contributed by atoms with van der Waals surface area (Å²) in [5, 5.41) is 0. The van der Waals surface area contributed by atoms with Crippen LogP contribution >= 0.6 is 0 Å². The quantitative estimate of drug-likeness (QED) is 0.336. The van der Waals surface area contributed by atoms with Crippen molar-refractivity contribution in [2.45, 2.75) is 12.5 Å². The van der Waals surface area contributed by atoms with Crippen molar-refractivity contribution in [1.29, 1.82) is 0 Å². The Kier molecular flexibility index (Phi) is 3.66. The maximum atomic E-state index is 8.38. The standard InChI is InChI=1S/C3H10O3SSi/c4-8(5,6)3-1-2-7/h4-7H,1-3H2/p+1. The fourth-order valence-electron chi connectivity index (χ4n) is 0.326. The normalized spacial score (nSPS) is 12.0. The van der Waals surface area contributed by atoms with E-state index in [0.717, 1.165) is 0 Å². The molecule has 3 nitrogen and oxygen atoms in total. The van der Waals surface area contributed by atoms with Crippen LogP contribution in [0.25, 0.3) is 0 Å². The largest absolute Gasteiger partial charge is 0.492 e. The van der Waals surface area contributed by atoms with Gasteiger partial charge in [-0.05, 0) is 19.0 Å². The van der Waals surface area contributed by atoms with Gasteiger partial charge in [0.05, 0.1) is 0 Å². The van der Waals surface area contributed by atoms with Crippen LogP contribution in [0.15, 0.2) is 0 Å². The van der Waals surface area contributed by atoms with Crippen molar-refractivity contribution >= 4 is 21.4 Å². The predicted octanol–water partition coefficient (Wildman–Crippen LogP) is -1.70. The van der Waals surface area contributed by atoms with Crippen molar-refractivity contribution in [3.8, 4) is 0 Å². The Balaban J connectivity index is 3.11. The van der Waals surface area contributed by atoms with Gasteiger partial charge in [-0.15, -0.1) is 0 Å². The molecule has 0 saturated heterocycles. The summed E-state index contributed by atoms with van der Waals surface area (Å²) in [5.74, 6) is 0.691. The van der Waals surface area contributed by atoms with Crippen LogP contribution in [0.3, 0.4) is 0 Å². The maximum Gasteiger partial charge on any atom is 0.492 e. The van der Waals surface area contributed by atoms with Crippen molar-refractivity contribution in [2.24, 2.45) is 0 Å². The van der Waals surface area contributed by atoms with Gasteiger partial charge < -0.3 is 14.4 Å². The number of hydrogen-bond acceptors (Lipinski definition) is 3. The summed E-state index contributed by atoms with van der Waals surface area (Å²) in [5.41, 5.74) is 0. The van der Waals surface area contributed by atoms with Gasteiger partial charge in [0.1, 0.15) is 5.75 Å². The zero-order chi connectivity index (χ0) is 6.62. The first-order valence-electron chi connectivity index (χ1n) is 2.38. The summed E-state index contributed by atoms with van der Waals surface area (Å²) in [6.45, 7) is 0. The molecular formula is C3H11O3SSi+. The fourth-order valence-corrected chi connectivity index (χ4v) is 1.51. The molecule has 0 radical (unpaired) electrons. The minimum Gasteiger partial charge on any atom is -0.390 e. The molecule has 0 amide bonds. The van der Waals surface area contributed by atoms with Gasteiger partial charge in [-0.1, -0.05) is 0 Å². The highest BCUT2D eigenvalue weighted by atomic mass is 32.1. The summed E-state index contributed by atoms with van der Waals surface area (Å²) < 4.78 is 0. The molecule has 8 heavy (non-hydrogen) atoms. The topological polar surface area (TPSA) is 60.7 Å². The summed E-state index contributed by atoms with van der Waals surface area (Å²) in [4.78, 5) is 25.1. The van der Waals surface area contributed by atoms with Crippen molar-refractivity contribution in [3.63, 3.8) is 0 Å². The lowest BCUT2D eigenvalue weighted by Crippen LogP contribution is -2.34. The van der Waals surface area contributed by atoms with Crippen LogP contribution in [0.2, 0.25) is 6.04 Å². The molecule has 5 heteroatoms. The minimum atomic E-state index is -3.71. The molecule has 0 bridgehead atoms. The highest BCUT2D eigenvalue weighted by molar-refractivity contribution is 7.58. The van der Waals surface area contributed by atoms with E-state index in [9.17, 15) is 0 Å². The van der Waals surface area contributed by atoms with E-state index >= 15 is 0 Å². The first-order chi connectivity index (χ1) is 3.56. The minimum absolute atomic E-state index is 0.122. The van der Waals surface area contributed by atoms with Crippen molar-refractivity contribution in [2.75, 3.05) is 5.75 Å². The van der Waals surface area contributed by atoms with E-state index < -0.39 is 8.80 Å². The van der Waals surface area contributed by atoms with Crippen LogP contribution in [-0.4, -0.2) is 28.9 Å². The average Bonchev–Trinajstić information content (AvgIpc) is 1.59. The van der Waals surface area contributed by atoms with Crippen LogP contribution in [0.4, 0.5) is 0 Å². The zero-order valence-corrected chi connectivity index (χ0v) is 6.46. The molecular weight excluding hydrogens is 144 g/mol. The Bertz CT molecular complexity index is 62.0. The van der Waals surface area contributed by atoms with Gasteiger partial charge in [0.2, 0.25) is 0 Å². The van der Waals surface area contributed by atoms with Gasteiger partial charge in [0.15, 0.2) is 0 Å². The van der Waals surface area contributed by atoms with E-state index in [1.807, 2.05) is 0 Å². The van der Waals surface area contributed by atoms with Gasteiger partial charge in [-0.3, -0.25) is 0 Å². The summed E-state index contributed by atoms with van der Waals surface area (Å²) in [6, 6.07) is 0.122. The van der Waals surface area contributed by atoms with Crippen LogP contribution in [0.5, 0.6) is 0 Å². The van der Waals surface area contributed by atoms with Crippen LogP contribution in [-0.2, 0) is 12.6 Å². The number of hydrogen-bond donors (Lipinski definition) is 3. The van der Waals surface area contributed by atoms with Gasteiger partial charge in [-0.2, -0.15) is 0 Å². The molecule has 0 aliphatic carbocycles. The molecule has 0 rings (SSSR count). The van der Waals surface area contributed by atoms with E-state index in [1.165, 1.54) is 0 Å². The second kappa shape index (κ2) is 3.47. The van der Waals surface area contributed by atoms with E-state index in [1.54, 1.807) is 0 Å². The summed E-state index contributed by atoms with van der Waals surface area (Å²) in [7, 11) is -3.71. The third kappa shape index (κ3) is 6.45. The first-order valence-corrected chi connectivity index (χ1v) is 5.13. The Morgan fingerprint density at radius 3 is 1.88 bits per heavy atom. The lowest BCUT2D eigenvalue weighted by atomic mass is 10.6. The average molecular weight is 155 g/mol. The fraction of sp³-hybridized carbons (Fsp3) is 1.00. The summed E-state index contributed by atoms with van der Waals surface area (Å²) in [6.07, 6.45) is 0.604. The second-order valence-electron chi connectivity index (χ2n) is 1.63.